The molecule has 1 unspecified atom stereocenters. The van der Waals surface area contributed by atoms with E-state index in [1.165, 1.54) is 11.3 Å². The van der Waals surface area contributed by atoms with Crippen LogP contribution in [0.3, 0.4) is 0 Å². The fourth-order valence-electron chi connectivity index (χ4n) is 3.48. The number of rotatable bonds is 5. The summed E-state index contributed by atoms with van der Waals surface area (Å²) in [6.07, 6.45) is 2.44. The van der Waals surface area contributed by atoms with Gasteiger partial charge in [0.25, 0.3) is 5.91 Å². The molecule has 0 aliphatic carbocycles. The van der Waals surface area contributed by atoms with Crippen molar-refractivity contribution in [2.45, 2.75) is 40.0 Å². The van der Waals surface area contributed by atoms with E-state index in [0.29, 0.717) is 36.2 Å². The Kier molecular flexibility index (Phi) is 5.99. The average molecular weight is 390 g/mol. The van der Waals surface area contributed by atoms with Crippen molar-refractivity contribution < 1.29 is 14.3 Å². The number of likely N-dealkylation sites (tertiary alicyclic amines) is 1. The number of anilines is 1. The van der Waals surface area contributed by atoms with E-state index in [-0.39, 0.29) is 17.8 Å². The third kappa shape index (κ3) is 4.24. The van der Waals surface area contributed by atoms with Crippen molar-refractivity contribution >= 4 is 39.1 Å². The number of nitrogens with two attached hydrogens (primary N) is 1. The van der Waals surface area contributed by atoms with Crippen molar-refractivity contribution in [3.63, 3.8) is 0 Å². The van der Waals surface area contributed by atoms with Crippen LogP contribution in [0.25, 0.3) is 10.2 Å². The number of carbonyl (C=O) groups is 2. The van der Waals surface area contributed by atoms with E-state index in [2.05, 4.69) is 18.8 Å². The summed E-state index contributed by atoms with van der Waals surface area (Å²) < 4.78 is 5.12. The predicted octanol–water partition coefficient (Wildman–Crippen LogP) is 3.49. The highest BCUT2D eigenvalue weighted by Crippen LogP contribution is 2.34. The summed E-state index contributed by atoms with van der Waals surface area (Å²) in [5.74, 6) is -0.0789. The Bertz CT molecular complexity index is 846. The number of nitrogen functional groups attached to an aromatic ring is 1. The molecule has 0 bridgehead atoms. The third-order valence-corrected chi connectivity index (χ3v) is 5.89. The van der Waals surface area contributed by atoms with Gasteiger partial charge in [0, 0.05) is 24.2 Å². The van der Waals surface area contributed by atoms with Gasteiger partial charge in [-0.1, -0.05) is 13.8 Å². The average Bonchev–Trinajstić information content (AvgIpc) is 2.97. The van der Waals surface area contributed by atoms with Crippen LogP contribution in [0.2, 0.25) is 0 Å². The molecule has 2 aromatic rings. The predicted molar refractivity (Wildman–Crippen MR) is 108 cm³/mol. The number of piperidine rings is 1. The molecule has 0 saturated carbocycles. The van der Waals surface area contributed by atoms with E-state index in [1.807, 2.05) is 12.1 Å². The van der Waals surface area contributed by atoms with Crippen molar-refractivity contribution in [3.8, 4) is 0 Å². The van der Waals surface area contributed by atoms with E-state index in [0.717, 1.165) is 35.2 Å². The van der Waals surface area contributed by atoms with E-state index >= 15 is 0 Å². The van der Waals surface area contributed by atoms with Crippen LogP contribution in [0.5, 0.6) is 0 Å². The number of pyridine rings is 1. The van der Waals surface area contributed by atoms with Crippen molar-refractivity contribution in [2.24, 2.45) is 11.8 Å². The molecule has 1 saturated heterocycles. The molecule has 7 heteroatoms. The number of ether oxygens (including phenoxy) is 1. The standard InChI is InChI=1S/C20H27N3O3S/c1-4-26-20(25)13-6-5-9-23(11-13)19(24)17-16(21)15-8-7-14(10-12(2)3)22-18(15)27-17/h7-8,12-13H,4-6,9-11,21H2,1-3H3. The summed E-state index contributed by atoms with van der Waals surface area (Å²) in [4.78, 5) is 32.8. The fraction of sp³-hybridized carbons (Fsp3) is 0.550. The molecule has 1 fully saturated rings. The lowest BCUT2D eigenvalue weighted by Gasteiger charge is -2.31. The highest BCUT2D eigenvalue weighted by atomic mass is 32.1. The SMILES string of the molecule is CCOC(=O)C1CCCN(C(=O)c2sc3nc(CC(C)C)ccc3c2N)C1. The van der Waals surface area contributed by atoms with Gasteiger partial charge >= 0.3 is 5.97 Å². The molecule has 6 nitrogen and oxygen atoms in total. The Morgan fingerprint density at radius 1 is 1.41 bits per heavy atom. The van der Waals surface area contributed by atoms with Gasteiger partial charge in [-0.15, -0.1) is 11.3 Å². The number of nitrogens with zero attached hydrogens (tertiary/aromatic N) is 2. The number of esters is 1. The molecule has 1 aliphatic heterocycles. The highest BCUT2D eigenvalue weighted by Gasteiger charge is 2.31. The summed E-state index contributed by atoms with van der Waals surface area (Å²) in [5.41, 5.74) is 7.77. The van der Waals surface area contributed by atoms with E-state index in [9.17, 15) is 9.59 Å². The number of carbonyl (C=O) groups excluding carboxylic acids is 2. The van der Waals surface area contributed by atoms with Crippen LogP contribution in [0.15, 0.2) is 12.1 Å². The topological polar surface area (TPSA) is 85.5 Å². The summed E-state index contributed by atoms with van der Waals surface area (Å²) in [6, 6.07) is 3.94. The Hall–Kier alpha value is -2.15. The number of fused-ring (bicyclic) bond motifs is 1. The van der Waals surface area contributed by atoms with Crippen molar-refractivity contribution in [1.82, 2.24) is 9.88 Å². The maximum absolute atomic E-state index is 13.1. The Labute approximate surface area is 163 Å². The first-order chi connectivity index (χ1) is 12.9. The maximum atomic E-state index is 13.1. The minimum atomic E-state index is -0.256. The van der Waals surface area contributed by atoms with Crippen molar-refractivity contribution in [1.29, 1.82) is 0 Å². The highest BCUT2D eigenvalue weighted by molar-refractivity contribution is 7.21. The minimum absolute atomic E-state index is 0.116. The van der Waals surface area contributed by atoms with Crippen molar-refractivity contribution in [2.75, 3.05) is 25.4 Å². The number of hydrogen-bond acceptors (Lipinski definition) is 6. The van der Waals surface area contributed by atoms with E-state index in [4.69, 9.17) is 10.5 Å². The van der Waals surface area contributed by atoms with Crippen LogP contribution < -0.4 is 5.73 Å². The maximum Gasteiger partial charge on any atom is 0.310 e. The van der Waals surface area contributed by atoms with E-state index < -0.39 is 0 Å². The first-order valence-corrected chi connectivity index (χ1v) is 10.4. The summed E-state index contributed by atoms with van der Waals surface area (Å²) in [7, 11) is 0. The number of hydrogen-bond donors (Lipinski definition) is 1. The molecule has 3 heterocycles. The molecule has 0 aromatic carbocycles. The molecule has 1 aliphatic rings. The molecule has 27 heavy (non-hydrogen) atoms. The minimum Gasteiger partial charge on any atom is -0.466 e. The number of aromatic nitrogens is 1. The van der Waals surface area contributed by atoms with Gasteiger partial charge < -0.3 is 15.4 Å². The Balaban J connectivity index is 1.82. The zero-order valence-electron chi connectivity index (χ0n) is 16.2. The van der Waals surface area contributed by atoms with Gasteiger partial charge in [-0.05, 0) is 44.2 Å². The molecule has 146 valence electrons. The molecule has 3 rings (SSSR count). The largest absolute Gasteiger partial charge is 0.466 e. The van der Waals surface area contributed by atoms with Crippen LogP contribution in [0.4, 0.5) is 5.69 Å². The zero-order valence-corrected chi connectivity index (χ0v) is 17.0. The van der Waals surface area contributed by atoms with Gasteiger partial charge in [-0.25, -0.2) is 4.98 Å². The zero-order chi connectivity index (χ0) is 19.6. The molecule has 1 atom stereocenters. The van der Waals surface area contributed by atoms with Gasteiger partial charge in [0.2, 0.25) is 0 Å². The molecular weight excluding hydrogens is 362 g/mol. The second kappa shape index (κ2) is 8.25. The Morgan fingerprint density at radius 2 is 2.19 bits per heavy atom. The van der Waals surface area contributed by atoms with Gasteiger partial charge in [0.05, 0.1) is 18.2 Å². The van der Waals surface area contributed by atoms with E-state index in [1.54, 1.807) is 11.8 Å². The molecular formula is C20H27N3O3S. The first kappa shape index (κ1) is 19.6. The number of thiophene rings is 1. The first-order valence-electron chi connectivity index (χ1n) is 9.54. The lowest BCUT2D eigenvalue weighted by molar-refractivity contribution is -0.149. The Morgan fingerprint density at radius 3 is 2.89 bits per heavy atom. The second-order valence-corrected chi connectivity index (χ2v) is 8.44. The summed E-state index contributed by atoms with van der Waals surface area (Å²) >= 11 is 1.34. The summed E-state index contributed by atoms with van der Waals surface area (Å²) in [6.45, 7) is 7.48. The third-order valence-electron chi connectivity index (χ3n) is 4.79. The summed E-state index contributed by atoms with van der Waals surface area (Å²) in [5, 5.41) is 0.829. The lowest BCUT2D eigenvalue weighted by atomic mass is 9.98. The van der Waals surface area contributed by atoms with Crippen LogP contribution in [0.1, 0.15) is 49.0 Å². The normalized spacial score (nSPS) is 17.5. The molecule has 0 radical (unpaired) electrons. The van der Waals surface area contributed by atoms with Gasteiger partial charge in [-0.2, -0.15) is 0 Å². The van der Waals surface area contributed by atoms with Crippen LogP contribution in [-0.4, -0.2) is 41.5 Å². The number of amides is 1. The smallest absolute Gasteiger partial charge is 0.310 e. The van der Waals surface area contributed by atoms with Gasteiger partial charge in [0.1, 0.15) is 9.71 Å². The molecule has 2 N–H and O–H groups in total. The quantitative estimate of drug-likeness (QED) is 0.791. The molecule has 1 amide bonds. The lowest BCUT2D eigenvalue weighted by Crippen LogP contribution is -2.42. The monoisotopic (exact) mass is 389 g/mol. The molecule has 2 aromatic heterocycles. The molecule has 0 spiro atoms. The van der Waals surface area contributed by atoms with Crippen LogP contribution >= 0.6 is 11.3 Å². The van der Waals surface area contributed by atoms with Gasteiger partial charge in [-0.3, -0.25) is 9.59 Å². The fourth-order valence-corrected chi connectivity index (χ4v) is 4.56. The van der Waals surface area contributed by atoms with Gasteiger partial charge in [0.15, 0.2) is 0 Å². The van der Waals surface area contributed by atoms with Crippen LogP contribution in [-0.2, 0) is 16.0 Å². The van der Waals surface area contributed by atoms with Crippen LogP contribution in [0, 0.1) is 11.8 Å². The van der Waals surface area contributed by atoms with Crippen molar-refractivity contribution in [3.05, 3.63) is 22.7 Å². The second-order valence-electron chi connectivity index (χ2n) is 7.44.